The summed E-state index contributed by atoms with van der Waals surface area (Å²) >= 11 is 18.2. The third-order valence-corrected chi connectivity index (χ3v) is 3.55. The fourth-order valence-electron chi connectivity index (χ4n) is 2.08. The SMILES string of the molecule is CC(C)N(C([S-])=[SH+])C(C)C.CC(C)N(C([S-])=[SH+])C(C)C.[Cu+2]. The minimum absolute atomic E-state index is 0. The molecule has 0 aromatic carbocycles. The van der Waals surface area contributed by atoms with E-state index in [0.29, 0.717) is 32.8 Å². The van der Waals surface area contributed by atoms with Gasteiger partial charge >= 0.3 is 17.1 Å². The van der Waals surface area contributed by atoms with Gasteiger partial charge in [-0.15, -0.1) is 0 Å². The summed E-state index contributed by atoms with van der Waals surface area (Å²) in [7, 11) is 0. The topological polar surface area (TPSA) is 6.48 Å². The van der Waals surface area contributed by atoms with Gasteiger partial charge in [0, 0.05) is 24.2 Å². The first-order valence-corrected chi connectivity index (χ1v) is 8.67. The molecule has 0 rings (SSSR count). The van der Waals surface area contributed by atoms with Crippen molar-refractivity contribution in [1.29, 1.82) is 0 Å². The fourth-order valence-corrected chi connectivity index (χ4v) is 3.84. The van der Waals surface area contributed by atoms with Crippen LogP contribution in [0.5, 0.6) is 0 Å². The molecule has 0 spiro atoms. The van der Waals surface area contributed by atoms with Gasteiger partial charge in [0.05, 0.1) is 0 Å². The van der Waals surface area contributed by atoms with Crippen molar-refractivity contribution in [2.75, 3.05) is 0 Å². The molecule has 2 nitrogen and oxygen atoms in total. The molecule has 7 heteroatoms. The zero-order chi connectivity index (χ0) is 16.6. The van der Waals surface area contributed by atoms with Crippen LogP contribution in [0.2, 0.25) is 0 Å². The molecule has 0 atom stereocenters. The molecule has 0 unspecified atom stereocenters. The predicted octanol–water partition coefficient (Wildman–Crippen LogP) is 2.03. The maximum Gasteiger partial charge on any atom is 2.00 e. The van der Waals surface area contributed by atoms with E-state index in [1.165, 1.54) is 0 Å². The zero-order valence-corrected chi connectivity index (χ0v) is 18.6. The second-order valence-corrected chi connectivity index (χ2v) is 7.98. The van der Waals surface area contributed by atoms with Crippen molar-refractivity contribution in [2.45, 2.75) is 79.6 Å². The predicted molar refractivity (Wildman–Crippen MR) is 106 cm³/mol. The van der Waals surface area contributed by atoms with Crippen molar-refractivity contribution >= 4 is 58.3 Å². The molecule has 0 aliphatic carbocycles. The second kappa shape index (κ2) is 13.7. The Kier molecular flexibility index (Phi) is 17.8. The van der Waals surface area contributed by atoms with E-state index in [9.17, 15) is 0 Å². The maximum absolute atomic E-state index is 4.96. The molecule has 0 aromatic heterocycles. The van der Waals surface area contributed by atoms with E-state index in [4.69, 9.17) is 25.3 Å². The summed E-state index contributed by atoms with van der Waals surface area (Å²) in [5, 5.41) is 0. The van der Waals surface area contributed by atoms with E-state index in [2.05, 4.69) is 89.6 Å². The quantitative estimate of drug-likeness (QED) is 0.227. The summed E-state index contributed by atoms with van der Waals surface area (Å²) < 4.78 is 1.37. The number of hydrogen-bond donors (Lipinski definition) is 0. The molecule has 1 radical (unpaired) electrons. The van der Waals surface area contributed by atoms with Crippen LogP contribution in [0.15, 0.2) is 0 Å². The maximum atomic E-state index is 4.96. The van der Waals surface area contributed by atoms with Crippen LogP contribution >= 0.6 is 0 Å². The monoisotopic (exact) mass is 417 g/mol. The summed E-state index contributed by atoms with van der Waals surface area (Å²) in [6.07, 6.45) is 0. The van der Waals surface area contributed by atoms with E-state index < -0.39 is 0 Å². The summed E-state index contributed by atoms with van der Waals surface area (Å²) in [6, 6.07) is 1.80. The Balaban J connectivity index is -0.000000295. The Labute approximate surface area is 164 Å². The standard InChI is InChI=1S/2C7H15NS2.Cu/c2*1-5(2)8(6(3)4)7(9)10;/h2*5-6H,1-4H3,(H,9,10);/q;;+2. The molecule has 0 saturated carbocycles. The Morgan fingerprint density at radius 1 is 0.619 bits per heavy atom. The number of thiol groups is 2. The van der Waals surface area contributed by atoms with Gasteiger partial charge in [-0.2, -0.15) is 0 Å². The van der Waals surface area contributed by atoms with Crippen LogP contribution in [0.1, 0.15) is 55.4 Å². The van der Waals surface area contributed by atoms with E-state index in [0.717, 1.165) is 0 Å². The van der Waals surface area contributed by atoms with E-state index in [-0.39, 0.29) is 17.1 Å². The van der Waals surface area contributed by atoms with Gasteiger partial charge in [0.1, 0.15) is 33.1 Å². The van der Waals surface area contributed by atoms with Gasteiger partial charge in [-0.1, -0.05) is 0 Å². The van der Waals surface area contributed by atoms with Crippen molar-refractivity contribution in [3.8, 4) is 0 Å². The van der Waals surface area contributed by atoms with Crippen LogP contribution in [-0.4, -0.2) is 42.6 Å². The second-order valence-electron chi connectivity index (χ2n) is 5.75. The van der Waals surface area contributed by atoms with Crippen LogP contribution in [0.25, 0.3) is 0 Å². The normalized spacial score (nSPS) is 11.0. The molecular weight excluding hydrogens is 388 g/mol. The van der Waals surface area contributed by atoms with Gasteiger partial charge < -0.3 is 25.3 Å². The molecule has 0 heterocycles. The van der Waals surface area contributed by atoms with E-state index in [1.54, 1.807) is 0 Å². The van der Waals surface area contributed by atoms with Crippen LogP contribution in [0.4, 0.5) is 0 Å². The Morgan fingerprint density at radius 2 is 0.762 bits per heavy atom. The summed E-state index contributed by atoms with van der Waals surface area (Å²) in [4.78, 5) is 4.19. The summed E-state index contributed by atoms with van der Waals surface area (Å²) in [6.45, 7) is 16.9. The molecule has 0 saturated heterocycles. The van der Waals surface area contributed by atoms with Gasteiger partial charge in [0.15, 0.2) is 0 Å². The van der Waals surface area contributed by atoms with Crippen LogP contribution in [0, 0.1) is 0 Å². The molecule has 129 valence electrons. The van der Waals surface area contributed by atoms with Crippen molar-refractivity contribution in [3.63, 3.8) is 0 Å². The van der Waals surface area contributed by atoms with Gasteiger partial charge in [0.2, 0.25) is 0 Å². The van der Waals surface area contributed by atoms with Gasteiger partial charge in [-0.05, 0) is 55.4 Å². The molecule has 0 aliphatic heterocycles. The van der Waals surface area contributed by atoms with Crippen molar-refractivity contribution in [3.05, 3.63) is 0 Å². The Morgan fingerprint density at radius 3 is 0.762 bits per heavy atom. The first kappa shape index (κ1) is 27.2. The molecule has 21 heavy (non-hydrogen) atoms. The van der Waals surface area contributed by atoms with Crippen molar-refractivity contribution < 1.29 is 17.1 Å². The smallest absolute Gasteiger partial charge is 0.680 e. The zero-order valence-electron chi connectivity index (χ0n) is 14.2. The third-order valence-electron chi connectivity index (χ3n) is 2.67. The van der Waals surface area contributed by atoms with E-state index in [1.807, 2.05) is 0 Å². The third kappa shape index (κ3) is 12.4. The largest absolute Gasteiger partial charge is 2.00 e. The molecule has 0 aliphatic rings. The molecule has 0 bridgehead atoms. The summed E-state index contributed by atoms with van der Waals surface area (Å²) in [5.74, 6) is 0. The van der Waals surface area contributed by atoms with Gasteiger partial charge in [0.25, 0.3) is 0 Å². The van der Waals surface area contributed by atoms with Gasteiger partial charge in [-0.3, -0.25) is 0 Å². The Bertz CT molecular complexity index is 261. The minimum atomic E-state index is 0. The number of rotatable bonds is 4. The van der Waals surface area contributed by atoms with Crippen LogP contribution < -0.4 is 0 Å². The van der Waals surface area contributed by atoms with Crippen LogP contribution in [-0.2, 0) is 66.8 Å². The molecule has 0 aromatic rings. The number of hydrogen-bond acceptors (Lipinski definition) is 2. The fraction of sp³-hybridized carbons (Fsp3) is 0.857. The van der Waals surface area contributed by atoms with Crippen molar-refractivity contribution in [1.82, 2.24) is 9.80 Å². The molecule has 0 amide bonds. The average Bonchev–Trinajstić information content (AvgIpc) is 2.12. The van der Waals surface area contributed by atoms with Crippen LogP contribution in [0.3, 0.4) is 0 Å². The molecule has 0 N–H and O–H groups in total. The first-order valence-electron chi connectivity index (χ1n) is 6.95. The Hall–Kier alpha value is 1.32. The first-order chi connectivity index (χ1) is 8.93. The summed E-state index contributed by atoms with van der Waals surface area (Å²) in [5.41, 5.74) is 0. The van der Waals surface area contributed by atoms with Gasteiger partial charge in [-0.25, -0.2) is 9.80 Å². The average molecular weight is 418 g/mol. The minimum Gasteiger partial charge on any atom is -0.680 e. The van der Waals surface area contributed by atoms with Crippen molar-refractivity contribution in [2.24, 2.45) is 0 Å². The number of nitrogens with zero attached hydrogens (tertiary/aromatic N) is 2. The van der Waals surface area contributed by atoms with E-state index >= 15 is 0 Å². The molecule has 0 fully saturated rings. The molecular formula is C14H30CuN2S4+2.